The third-order valence-corrected chi connectivity index (χ3v) is 10.3. The molecule has 8 rings (SSSR count). The van der Waals surface area contributed by atoms with Gasteiger partial charge < -0.3 is 0 Å². The molecule has 0 spiro atoms. The third kappa shape index (κ3) is 4.09. The van der Waals surface area contributed by atoms with Gasteiger partial charge in [-0.15, -0.1) is 0 Å². The van der Waals surface area contributed by atoms with Crippen LogP contribution < -0.4 is 0 Å². The van der Waals surface area contributed by atoms with Crippen molar-refractivity contribution in [3.63, 3.8) is 0 Å². The standard InChI is InChI=1S/C43H36N2/c1-27-12-7-6-8-13-28-17-18-30(24-37(28)42(27,2)3)40-33-21-23-44-26-35(33)39(34-15-11-22-45-41(34)40)29-19-20-32-31-14-9-10-16-36(31)43(4,5)38(32)25-29/h6-12,14-26H,1,13H2,2-5H3/b8-6-,12-7-. The van der Waals surface area contributed by atoms with Crippen molar-refractivity contribution in [2.45, 2.75) is 44.9 Å². The molecule has 0 bridgehead atoms. The number of aromatic nitrogens is 2. The Morgan fingerprint density at radius 3 is 2.31 bits per heavy atom. The Labute approximate surface area is 265 Å². The van der Waals surface area contributed by atoms with Crippen molar-refractivity contribution in [3.8, 4) is 33.4 Å². The Morgan fingerprint density at radius 1 is 0.644 bits per heavy atom. The van der Waals surface area contributed by atoms with Gasteiger partial charge in [-0.1, -0.05) is 113 Å². The van der Waals surface area contributed by atoms with E-state index >= 15 is 0 Å². The maximum absolute atomic E-state index is 5.08. The van der Waals surface area contributed by atoms with Crippen LogP contribution in [-0.2, 0) is 17.3 Å². The fraction of sp³-hybridized carbons (Fsp3) is 0.163. The molecule has 2 heterocycles. The zero-order chi connectivity index (χ0) is 30.9. The van der Waals surface area contributed by atoms with E-state index < -0.39 is 0 Å². The first-order valence-electron chi connectivity index (χ1n) is 15.8. The second kappa shape index (κ2) is 9.97. The Bertz CT molecular complexity index is 2200. The summed E-state index contributed by atoms with van der Waals surface area (Å²) in [6.45, 7) is 13.7. The highest BCUT2D eigenvalue weighted by molar-refractivity contribution is 6.20. The van der Waals surface area contributed by atoms with Gasteiger partial charge >= 0.3 is 0 Å². The van der Waals surface area contributed by atoms with Gasteiger partial charge in [0.05, 0.1) is 5.52 Å². The summed E-state index contributed by atoms with van der Waals surface area (Å²) in [5.74, 6) is 0. The van der Waals surface area contributed by atoms with Crippen LogP contribution >= 0.6 is 0 Å². The lowest BCUT2D eigenvalue weighted by molar-refractivity contribution is 0.635. The molecular formula is C43H36N2. The van der Waals surface area contributed by atoms with Crippen molar-refractivity contribution < 1.29 is 0 Å². The molecule has 2 aliphatic rings. The first-order valence-corrected chi connectivity index (χ1v) is 15.8. The monoisotopic (exact) mass is 580 g/mol. The van der Waals surface area contributed by atoms with Crippen LogP contribution in [0.3, 0.4) is 0 Å². The number of nitrogens with zero attached hydrogens (tertiary/aromatic N) is 2. The summed E-state index contributed by atoms with van der Waals surface area (Å²) in [5.41, 5.74) is 14.5. The molecule has 6 aromatic rings. The van der Waals surface area contributed by atoms with Crippen molar-refractivity contribution in [1.82, 2.24) is 9.97 Å². The van der Waals surface area contributed by atoms with Crippen LogP contribution in [0.1, 0.15) is 49.9 Å². The van der Waals surface area contributed by atoms with E-state index in [0.717, 1.165) is 39.2 Å². The van der Waals surface area contributed by atoms with Crippen LogP contribution in [0, 0.1) is 0 Å². The molecule has 2 aromatic heterocycles. The second-order valence-corrected chi connectivity index (χ2v) is 13.5. The predicted molar refractivity (Wildman–Crippen MR) is 190 cm³/mol. The zero-order valence-corrected chi connectivity index (χ0v) is 26.4. The molecule has 0 N–H and O–H groups in total. The highest BCUT2D eigenvalue weighted by Gasteiger charge is 2.35. The summed E-state index contributed by atoms with van der Waals surface area (Å²) in [5, 5.41) is 3.44. The van der Waals surface area contributed by atoms with Crippen LogP contribution in [-0.4, -0.2) is 9.97 Å². The maximum atomic E-state index is 5.08. The van der Waals surface area contributed by atoms with Crippen LogP contribution in [0.2, 0.25) is 0 Å². The number of allylic oxidation sites excluding steroid dienone is 5. The van der Waals surface area contributed by atoms with Crippen LogP contribution in [0.4, 0.5) is 0 Å². The minimum absolute atomic E-state index is 0.0786. The van der Waals surface area contributed by atoms with Gasteiger partial charge in [0, 0.05) is 51.3 Å². The molecule has 2 heteroatoms. The molecule has 2 aliphatic carbocycles. The van der Waals surface area contributed by atoms with E-state index in [2.05, 4.69) is 142 Å². The highest BCUT2D eigenvalue weighted by atomic mass is 14.7. The minimum atomic E-state index is -0.219. The van der Waals surface area contributed by atoms with Crippen molar-refractivity contribution in [3.05, 3.63) is 156 Å². The van der Waals surface area contributed by atoms with Crippen molar-refractivity contribution in [2.24, 2.45) is 0 Å². The summed E-state index contributed by atoms with van der Waals surface area (Å²) >= 11 is 0. The predicted octanol–water partition coefficient (Wildman–Crippen LogP) is 10.9. The maximum Gasteiger partial charge on any atom is 0.0793 e. The van der Waals surface area contributed by atoms with E-state index in [9.17, 15) is 0 Å². The fourth-order valence-corrected chi connectivity index (χ4v) is 7.67. The van der Waals surface area contributed by atoms with Gasteiger partial charge in [0.1, 0.15) is 0 Å². The SMILES string of the molecule is C=C1/C=C\C=C/Cc2ccc(-c3c4ccncc4c(-c4ccc5c(c4)C(C)(C)c4ccccc4-5)c4cccnc34)cc2C1(C)C. The van der Waals surface area contributed by atoms with Crippen molar-refractivity contribution in [1.29, 1.82) is 0 Å². The average molecular weight is 581 g/mol. The van der Waals surface area contributed by atoms with Gasteiger partial charge in [-0.25, -0.2) is 0 Å². The van der Waals surface area contributed by atoms with Gasteiger partial charge in [-0.2, -0.15) is 0 Å². The van der Waals surface area contributed by atoms with Crippen LogP contribution in [0.15, 0.2) is 134 Å². The van der Waals surface area contributed by atoms with E-state index in [-0.39, 0.29) is 10.8 Å². The van der Waals surface area contributed by atoms with Crippen molar-refractivity contribution >= 4 is 21.7 Å². The van der Waals surface area contributed by atoms with Crippen LogP contribution in [0.25, 0.3) is 55.1 Å². The molecule has 0 aliphatic heterocycles. The smallest absolute Gasteiger partial charge is 0.0793 e. The lowest BCUT2D eigenvalue weighted by Crippen LogP contribution is -2.20. The molecule has 0 fully saturated rings. The van der Waals surface area contributed by atoms with Gasteiger partial charge in [0.25, 0.3) is 0 Å². The molecule has 0 amide bonds. The van der Waals surface area contributed by atoms with Gasteiger partial charge in [0.2, 0.25) is 0 Å². The molecule has 0 unspecified atom stereocenters. The lowest BCUT2D eigenvalue weighted by Gasteiger charge is -2.29. The zero-order valence-electron chi connectivity index (χ0n) is 26.4. The quantitative estimate of drug-likeness (QED) is 0.190. The third-order valence-electron chi connectivity index (χ3n) is 10.3. The number of benzene rings is 4. The molecule has 4 aromatic carbocycles. The number of hydrogen-bond donors (Lipinski definition) is 0. The van der Waals surface area contributed by atoms with Gasteiger partial charge in [0.15, 0.2) is 0 Å². The molecule has 0 saturated heterocycles. The average Bonchev–Trinajstić information content (AvgIpc) is 3.31. The van der Waals surface area contributed by atoms with Gasteiger partial charge in [-0.3, -0.25) is 9.97 Å². The molecule has 0 atom stereocenters. The highest BCUT2D eigenvalue weighted by Crippen LogP contribution is 2.51. The molecule has 218 valence electrons. The summed E-state index contributed by atoms with van der Waals surface area (Å²) < 4.78 is 0. The van der Waals surface area contributed by atoms with E-state index in [4.69, 9.17) is 4.98 Å². The summed E-state index contributed by atoms with van der Waals surface area (Å²) in [6, 6.07) is 29.2. The Kier molecular flexibility index (Phi) is 6.09. The Balaban J connectivity index is 1.40. The Hall–Kier alpha value is -5.08. The minimum Gasteiger partial charge on any atom is -0.264 e. The normalized spacial score (nSPS) is 17.6. The first kappa shape index (κ1) is 27.5. The summed E-state index contributed by atoms with van der Waals surface area (Å²) in [6.07, 6.45) is 15.3. The van der Waals surface area contributed by atoms with E-state index in [0.29, 0.717) is 0 Å². The van der Waals surface area contributed by atoms with Crippen molar-refractivity contribution in [2.75, 3.05) is 0 Å². The molecule has 0 radical (unpaired) electrons. The summed E-state index contributed by atoms with van der Waals surface area (Å²) in [4.78, 5) is 9.74. The van der Waals surface area contributed by atoms with Gasteiger partial charge in [-0.05, 0) is 86.2 Å². The summed E-state index contributed by atoms with van der Waals surface area (Å²) in [7, 11) is 0. The largest absolute Gasteiger partial charge is 0.264 e. The Morgan fingerprint density at radius 2 is 1.42 bits per heavy atom. The fourth-order valence-electron chi connectivity index (χ4n) is 7.67. The van der Waals surface area contributed by atoms with E-state index in [1.54, 1.807) is 0 Å². The number of pyridine rings is 2. The number of rotatable bonds is 2. The topological polar surface area (TPSA) is 25.8 Å². The molecule has 2 nitrogen and oxygen atoms in total. The number of fused-ring (bicyclic) bond motifs is 6. The lowest BCUT2D eigenvalue weighted by atomic mass is 9.74. The molecule has 0 saturated carbocycles. The molecule has 45 heavy (non-hydrogen) atoms. The van der Waals surface area contributed by atoms with Crippen LogP contribution in [0.5, 0.6) is 0 Å². The second-order valence-electron chi connectivity index (χ2n) is 13.5. The van der Waals surface area contributed by atoms with E-state index in [1.807, 2.05) is 18.6 Å². The first-order chi connectivity index (χ1) is 21.8. The molecular weight excluding hydrogens is 544 g/mol. The van der Waals surface area contributed by atoms with E-state index in [1.165, 1.54) is 50.1 Å². The number of hydrogen-bond acceptors (Lipinski definition) is 2.